The van der Waals surface area contributed by atoms with E-state index in [0.29, 0.717) is 5.75 Å². The summed E-state index contributed by atoms with van der Waals surface area (Å²) in [5, 5.41) is 2.16. The summed E-state index contributed by atoms with van der Waals surface area (Å²) in [6, 6.07) is 4.68. The maximum atomic E-state index is 13.5. The van der Waals surface area contributed by atoms with E-state index in [4.69, 9.17) is 75.5 Å². The second-order valence-electron chi connectivity index (χ2n) is 19.5. The van der Waals surface area contributed by atoms with E-state index in [1.807, 2.05) is 33.9 Å². The average Bonchev–Trinajstić information content (AvgIpc) is 3.28. The number of nitrogens with one attached hydrogen (secondary N) is 1. The van der Waals surface area contributed by atoms with Crippen molar-refractivity contribution in [2.75, 3.05) is 26.9 Å². The van der Waals surface area contributed by atoms with Gasteiger partial charge in [-0.3, -0.25) is 43.2 Å². The first-order valence-corrected chi connectivity index (χ1v) is 27.1. The molecule has 1 N–H and O–H groups in total. The minimum Gasteiger partial charge on any atom is -0.497 e. The maximum Gasteiger partial charge on any atom is 0.303 e. The highest BCUT2D eigenvalue weighted by Crippen LogP contribution is 2.43. The van der Waals surface area contributed by atoms with E-state index in [9.17, 15) is 43.2 Å². The van der Waals surface area contributed by atoms with Crippen LogP contribution in [0.15, 0.2) is 24.3 Å². The number of amides is 1. The summed E-state index contributed by atoms with van der Waals surface area (Å²) in [5.41, 5.74) is 0. The topological polar surface area (TPSA) is 313 Å². The molecule has 3 fully saturated rings. The lowest BCUT2D eigenvalue weighted by Gasteiger charge is -2.52. The molecular weight excluding hydrogens is 1030 g/mol. The number of benzene rings is 1. The predicted octanol–water partition coefficient (Wildman–Crippen LogP) is 2.26. The highest BCUT2D eigenvalue weighted by Gasteiger charge is 2.60. The van der Waals surface area contributed by atoms with Crippen LogP contribution in [0, 0.1) is 0 Å². The summed E-state index contributed by atoms with van der Waals surface area (Å²) in [6.07, 6.45) is -23.0. The smallest absolute Gasteiger partial charge is 0.303 e. The van der Waals surface area contributed by atoms with E-state index < -0.39 is 179 Å². The Hall–Kier alpha value is -5.97. The highest BCUT2D eigenvalue weighted by molar-refractivity contribution is 6.74. The van der Waals surface area contributed by atoms with Crippen LogP contribution in [0.1, 0.15) is 83.1 Å². The van der Waals surface area contributed by atoms with Gasteiger partial charge in [-0.15, -0.1) is 0 Å². The summed E-state index contributed by atoms with van der Waals surface area (Å²) >= 11 is 0. The molecule has 0 saturated carbocycles. The number of ether oxygens (including phenoxy) is 15. The van der Waals surface area contributed by atoms with Gasteiger partial charge >= 0.3 is 47.8 Å². The van der Waals surface area contributed by atoms with Crippen molar-refractivity contribution in [1.82, 2.24) is 5.32 Å². The minimum absolute atomic E-state index is 0.230. The van der Waals surface area contributed by atoms with Crippen LogP contribution in [0.4, 0.5) is 0 Å². The monoisotopic (exact) mass is 1100 g/mol. The normalized spacial score (nSPS) is 29.5. The lowest BCUT2D eigenvalue weighted by Crippen LogP contribution is -2.71. The lowest BCUT2D eigenvalue weighted by molar-refractivity contribution is -0.362. The molecule has 0 unspecified atom stereocenters. The first kappa shape index (κ1) is 62.6. The Morgan fingerprint density at radius 2 is 0.842 bits per heavy atom. The Bertz CT molecular complexity index is 2220. The SMILES string of the molecule is COc1ccc(O[C@@H]2O[C@H](COC(C)=O)[C@H](O[C@@H]3O[C@H](COC(C)=O)[C@H](OC(C)=O)[C@H](O[C@@H]4O[C@H](COC(C)=O)[C@H](OC(C)=O)[C@H](OC(C)=O)[C@H]4OC(C)=O)[C@H]3NC(C)=O)[C@H](O[Si](C)(C)C(C)(C)C)[C@H]2OC(C)=O)cc1. The molecule has 426 valence electrons. The van der Waals surface area contributed by atoms with E-state index in [1.165, 1.54) is 7.11 Å². The van der Waals surface area contributed by atoms with Crippen LogP contribution in [-0.2, 0) is 109 Å². The molecule has 3 aliphatic rings. The van der Waals surface area contributed by atoms with Crippen molar-refractivity contribution in [3.05, 3.63) is 24.3 Å². The Kier molecular flexibility index (Phi) is 22.5. The molecule has 1 aromatic rings. The summed E-state index contributed by atoms with van der Waals surface area (Å²) in [5.74, 6) is -7.03. The van der Waals surface area contributed by atoms with Gasteiger partial charge in [-0.2, -0.15) is 0 Å². The average molecular weight is 1100 g/mol. The third kappa shape index (κ3) is 17.8. The van der Waals surface area contributed by atoms with E-state index in [0.717, 1.165) is 62.3 Å². The number of hydrogen-bond donors (Lipinski definition) is 1. The molecule has 3 heterocycles. The van der Waals surface area contributed by atoms with E-state index >= 15 is 0 Å². The van der Waals surface area contributed by atoms with Crippen molar-refractivity contribution in [2.24, 2.45) is 0 Å². The summed E-state index contributed by atoms with van der Waals surface area (Å²) < 4.78 is 96.5. The van der Waals surface area contributed by atoms with E-state index in [2.05, 4.69) is 5.32 Å². The molecule has 15 atom stereocenters. The predicted molar refractivity (Wildman–Crippen MR) is 257 cm³/mol. The minimum atomic E-state index is -3.05. The third-order valence-electron chi connectivity index (χ3n) is 12.2. The van der Waals surface area contributed by atoms with Crippen molar-refractivity contribution < 1.29 is 119 Å². The quantitative estimate of drug-likeness (QED) is 0.105. The van der Waals surface area contributed by atoms with Gasteiger partial charge in [0.1, 0.15) is 74.0 Å². The standard InChI is InChI=1S/C49H71NO25Si/c1-23(51)50-37-41(74-48-44(67-30(8)58)42(66-29(7)57)39(65-28(6)56)35(72-48)21-62-25(3)53)38(64-27(5)55)34(20-61-24(2)52)70-46(37)73-40-36(22-63-26(4)54)71-47(69-33-18-16-32(60-13)17-19-33)45(68-31(9)59)43(40)75-76(14,15)49(10,11)12/h16-19,34-48H,20-22H2,1-15H3,(H,50,51)/t34-,35-,36-,37-,38+,39+,40+,41-,42+,43+,44-,45-,46+,47-,48+/m1/s1. The number of esters is 8. The Labute approximate surface area is 440 Å². The Morgan fingerprint density at radius 1 is 0.474 bits per heavy atom. The summed E-state index contributed by atoms with van der Waals surface area (Å²) in [6.45, 7) is 17.4. The van der Waals surface area contributed by atoms with Gasteiger partial charge in [-0.05, 0) is 42.4 Å². The van der Waals surface area contributed by atoms with Crippen LogP contribution in [0.2, 0.25) is 18.1 Å². The third-order valence-corrected chi connectivity index (χ3v) is 16.7. The van der Waals surface area contributed by atoms with Crippen LogP contribution in [0.25, 0.3) is 0 Å². The lowest BCUT2D eigenvalue weighted by atomic mass is 9.94. The van der Waals surface area contributed by atoms with Crippen LogP contribution in [0.5, 0.6) is 11.5 Å². The molecule has 0 spiro atoms. The molecule has 27 heteroatoms. The van der Waals surface area contributed by atoms with Gasteiger partial charge in [0.05, 0.1) is 7.11 Å². The second kappa shape index (κ2) is 27.4. The van der Waals surface area contributed by atoms with Crippen molar-refractivity contribution in [2.45, 2.75) is 193 Å². The number of carbonyl (C=O) groups is 9. The maximum absolute atomic E-state index is 13.5. The van der Waals surface area contributed by atoms with Crippen LogP contribution >= 0.6 is 0 Å². The first-order valence-electron chi connectivity index (χ1n) is 24.2. The van der Waals surface area contributed by atoms with Gasteiger partial charge in [-0.25, -0.2) is 0 Å². The van der Waals surface area contributed by atoms with Crippen molar-refractivity contribution in [1.29, 1.82) is 0 Å². The first-order chi connectivity index (χ1) is 35.4. The highest BCUT2D eigenvalue weighted by atomic mass is 28.4. The molecule has 26 nitrogen and oxygen atoms in total. The molecule has 1 aromatic carbocycles. The largest absolute Gasteiger partial charge is 0.497 e. The molecular formula is C49H71NO25Si. The van der Waals surface area contributed by atoms with Crippen molar-refractivity contribution in [3.63, 3.8) is 0 Å². The molecule has 0 aromatic heterocycles. The number of methoxy groups -OCH3 is 1. The summed E-state index contributed by atoms with van der Waals surface area (Å²) in [4.78, 5) is 115. The molecule has 0 bridgehead atoms. The van der Waals surface area contributed by atoms with Gasteiger partial charge in [0, 0.05) is 62.3 Å². The number of carbonyl (C=O) groups excluding carboxylic acids is 9. The Balaban J connectivity index is 2.02. The molecule has 0 radical (unpaired) electrons. The van der Waals surface area contributed by atoms with Gasteiger partial charge in [-0.1, -0.05) is 20.8 Å². The molecule has 76 heavy (non-hydrogen) atoms. The summed E-state index contributed by atoms with van der Waals surface area (Å²) in [7, 11) is -1.57. The number of hydrogen-bond acceptors (Lipinski definition) is 25. The van der Waals surface area contributed by atoms with Crippen LogP contribution < -0.4 is 14.8 Å². The van der Waals surface area contributed by atoms with E-state index in [-0.39, 0.29) is 5.75 Å². The fourth-order valence-corrected chi connectivity index (χ4v) is 9.38. The van der Waals surface area contributed by atoms with Gasteiger partial charge in [0.25, 0.3) is 0 Å². The fraction of sp³-hybridized carbons (Fsp3) is 0.694. The van der Waals surface area contributed by atoms with E-state index in [1.54, 1.807) is 24.3 Å². The zero-order chi connectivity index (χ0) is 57.0. The Morgan fingerprint density at radius 3 is 1.26 bits per heavy atom. The molecule has 1 amide bonds. The van der Waals surface area contributed by atoms with Crippen LogP contribution in [0.3, 0.4) is 0 Å². The fourth-order valence-electron chi connectivity index (χ4n) is 8.07. The molecule has 4 rings (SSSR count). The second-order valence-corrected chi connectivity index (χ2v) is 24.2. The molecule has 0 aliphatic carbocycles. The zero-order valence-electron chi connectivity index (χ0n) is 45.3. The van der Waals surface area contributed by atoms with Gasteiger partial charge in [0.2, 0.25) is 12.2 Å². The number of rotatable bonds is 21. The molecule has 3 aliphatic heterocycles. The molecule has 3 saturated heterocycles. The van der Waals surface area contributed by atoms with Gasteiger partial charge < -0.3 is 80.8 Å². The van der Waals surface area contributed by atoms with Crippen LogP contribution in [-0.4, -0.2) is 181 Å². The van der Waals surface area contributed by atoms with Gasteiger partial charge in [0.15, 0.2) is 51.4 Å². The van der Waals surface area contributed by atoms with Crippen molar-refractivity contribution in [3.8, 4) is 11.5 Å². The zero-order valence-corrected chi connectivity index (χ0v) is 46.3. The van der Waals surface area contributed by atoms with Crippen molar-refractivity contribution >= 4 is 62.0 Å².